The van der Waals surface area contributed by atoms with Gasteiger partial charge in [0.15, 0.2) is 6.61 Å². The molecule has 134 valence electrons. The molecular weight excluding hydrogens is 332 g/mol. The van der Waals surface area contributed by atoms with Gasteiger partial charge in [-0.3, -0.25) is 0 Å². The number of hydrogen-bond donors (Lipinski definition) is 0. The Morgan fingerprint density at radius 3 is 2.25 bits per heavy atom. The number of nitrogens with zero attached hydrogens (tertiary/aromatic N) is 2. The summed E-state index contributed by atoms with van der Waals surface area (Å²) >= 11 is 0. The first-order valence-electron chi connectivity index (χ1n) is 8.08. The Kier molecular flexibility index (Phi) is 6.59. The van der Waals surface area contributed by atoms with Crippen LogP contribution in [0.5, 0.6) is 5.75 Å². The molecule has 1 saturated heterocycles. The van der Waals surface area contributed by atoms with Gasteiger partial charge in [-0.05, 0) is 37.7 Å². The largest absolute Gasteiger partial charge is 0.482 e. The van der Waals surface area contributed by atoms with Crippen LogP contribution in [0, 0.1) is 0 Å². The zero-order chi connectivity index (χ0) is 17.6. The molecule has 0 spiro atoms. The van der Waals surface area contributed by atoms with Gasteiger partial charge in [0, 0.05) is 26.2 Å². The zero-order valence-corrected chi connectivity index (χ0v) is 14.9. The van der Waals surface area contributed by atoms with Crippen LogP contribution in [-0.4, -0.2) is 69.5 Å². The highest BCUT2D eigenvalue weighted by atomic mass is 32.2. The number of hydrogen-bond acceptors (Lipinski definition) is 6. The molecular formula is C16H24N2O5S. The molecule has 1 aromatic carbocycles. The van der Waals surface area contributed by atoms with Crippen LogP contribution in [0.25, 0.3) is 0 Å². The van der Waals surface area contributed by atoms with Crippen LogP contribution < -0.4 is 4.74 Å². The van der Waals surface area contributed by atoms with Gasteiger partial charge < -0.3 is 14.4 Å². The Labute approximate surface area is 143 Å². The predicted molar refractivity (Wildman–Crippen MR) is 89.4 cm³/mol. The molecule has 0 amide bonds. The molecule has 0 aliphatic carbocycles. The van der Waals surface area contributed by atoms with Crippen molar-refractivity contribution in [2.45, 2.75) is 18.7 Å². The molecule has 2 rings (SSSR count). The molecule has 8 heteroatoms. The first kappa shape index (κ1) is 18.7. The van der Waals surface area contributed by atoms with Gasteiger partial charge in [-0.25, -0.2) is 13.2 Å². The van der Waals surface area contributed by atoms with Crippen LogP contribution in [-0.2, 0) is 19.6 Å². The van der Waals surface area contributed by atoms with Gasteiger partial charge >= 0.3 is 5.97 Å². The summed E-state index contributed by atoms with van der Waals surface area (Å²) in [5.41, 5.74) is 0. The van der Waals surface area contributed by atoms with Crippen molar-refractivity contribution in [2.75, 3.05) is 45.9 Å². The predicted octanol–water partition coefficient (Wildman–Crippen LogP) is 0.955. The topological polar surface area (TPSA) is 76.1 Å². The third kappa shape index (κ3) is 4.68. The minimum absolute atomic E-state index is 0.196. The van der Waals surface area contributed by atoms with Crippen LogP contribution in [0.1, 0.15) is 13.8 Å². The molecule has 0 N–H and O–H groups in total. The highest BCUT2D eigenvalue weighted by molar-refractivity contribution is 7.89. The van der Waals surface area contributed by atoms with Crippen molar-refractivity contribution in [3.63, 3.8) is 0 Å². The molecule has 0 atom stereocenters. The second kappa shape index (κ2) is 8.46. The van der Waals surface area contributed by atoms with E-state index in [2.05, 4.69) is 11.8 Å². The van der Waals surface area contributed by atoms with Crippen LogP contribution in [0.15, 0.2) is 29.2 Å². The summed E-state index contributed by atoms with van der Waals surface area (Å²) in [5.74, 6) is -0.0270. The Morgan fingerprint density at radius 1 is 1.08 bits per heavy atom. The lowest BCUT2D eigenvalue weighted by Crippen LogP contribution is -2.48. The Hall–Kier alpha value is -1.64. The monoisotopic (exact) mass is 356 g/mol. The quantitative estimate of drug-likeness (QED) is 0.677. The van der Waals surface area contributed by atoms with Crippen LogP contribution in [0.2, 0.25) is 0 Å². The zero-order valence-electron chi connectivity index (χ0n) is 14.1. The summed E-state index contributed by atoms with van der Waals surface area (Å²) in [6, 6.07) is 6.10. The highest BCUT2D eigenvalue weighted by Crippen LogP contribution is 2.20. The molecule has 1 aliphatic rings. The number of carbonyl (C=O) groups excluding carboxylic acids is 1. The van der Waals surface area contributed by atoms with Crippen molar-refractivity contribution >= 4 is 16.0 Å². The van der Waals surface area contributed by atoms with E-state index in [-0.39, 0.29) is 11.5 Å². The molecule has 7 nitrogen and oxygen atoms in total. The molecule has 1 aliphatic heterocycles. The van der Waals surface area contributed by atoms with E-state index < -0.39 is 16.0 Å². The number of carbonyl (C=O) groups is 1. The number of sulfonamides is 1. The minimum Gasteiger partial charge on any atom is -0.482 e. The van der Waals surface area contributed by atoms with Gasteiger partial charge in [0.2, 0.25) is 10.0 Å². The second-order valence-corrected chi connectivity index (χ2v) is 7.34. The number of benzene rings is 1. The van der Waals surface area contributed by atoms with E-state index in [9.17, 15) is 13.2 Å². The van der Waals surface area contributed by atoms with Gasteiger partial charge in [0.05, 0.1) is 11.5 Å². The maximum atomic E-state index is 12.6. The van der Waals surface area contributed by atoms with Crippen LogP contribution in [0.3, 0.4) is 0 Å². The average Bonchev–Trinajstić information content (AvgIpc) is 2.60. The fraction of sp³-hybridized carbons (Fsp3) is 0.562. The smallest absolute Gasteiger partial charge is 0.344 e. The molecule has 0 radical (unpaired) electrons. The first-order chi connectivity index (χ1) is 11.5. The number of esters is 1. The van der Waals surface area contributed by atoms with E-state index in [1.807, 2.05) is 0 Å². The number of ether oxygens (including phenoxy) is 2. The summed E-state index contributed by atoms with van der Waals surface area (Å²) < 4.78 is 36.8. The van der Waals surface area contributed by atoms with Crippen molar-refractivity contribution in [2.24, 2.45) is 0 Å². The normalized spacial score (nSPS) is 16.8. The van der Waals surface area contributed by atoms with Gasteiger partial charge in [-0.1, -0.05) is 6.92 Å². The maximum Gasteiger partial charge on any atom is 0.344 e. The van der Waals surface area contributed by atoms with Crippen LogP contribution in [0.4, 0.5) is 0 Å². The minimum atomic E-state index is -3.49. The highest BCUT2D eigenvalue weighted by Gasteiger charge is 2.27. The second-order valence-electron chi connectivity index (χ2n) is 5.40. The summed E-state index contributed by atoms with van der Waals surface area (Å²) in [7, 11) is -3.49. The van der Waals surface area contributed by atoms with Crippen molar-refractivity contribution in [1.82, 2.24) is 9.21 Å². The molecule has 1 fully saturated rings. The van der Waals surface area contributed by atoms with Gasteiger partial charge in [-0.15, -0.1) is 0 Å². The van der Waals surface area contributed by atoms with Crippen molar-refractivity contribution in [3.8, 4) is 5.75 Å². The Morgan fingerprint density at radius 2 is 1.71 bits per heavy atom. The Bertz CT molecular complexity index is 637. The fourth-order valence-electron chi connectivity index (χ4n) is 2.49. The van der Waals surface area contributed by atoms with Crippen LogP contribution >= 0.6 is 0 Å². The summed E-state index contributed by atoms with van der Waals surface area (Å²) in [4.78, 5) is 13.7. The SMILES string of the molecule is CCOC(=O)COc1ccc(S(=O)(=O)N2CCN(CC)CC2)cc1. The van der Waals surface area contributed by atoms with E-state index in [1.165, 1.54) is 16.4 Å². The lowest BCUT2D eigenvalue weighted by Gasteiger charge is -2.33. The van der Waals surface area contributed by atoms with E-state index in [0.29, 0.717) is 25.4 Å². The summed E-state index contributed by atoms with van der Waals surface area (Å²) in [6.45, 7) is 7.31. The number of rotatable bonds is 7. The molecule has 0 aromatic heterocycles. The van der Waals surface area contributed by atoms with E-state index in [4.69, 9.17) is 9.47 Å². The molecule has 1 aromatic rings. The molecule has 0 bridgehead atoms. The molecule has 0 unspecified atom stereocenters. The van der Waals surface area contributed by atoms with Crippen molar-refractivity contribution in [1.29, 1.82) is 0 Å². The van der Waals surface area contributed by atoms with Gasteiger partial charge in [0.25, 0.3) is 0 Å². The lowest BCUT2D eigenvalue weighted by atomic mass is 10.3. The third-order valence-corrected chi connectivity index (χ3v) is 5.81. The van der Waals surface area contributed by atoms with E-state index in [1.54, 1.807) is 19.1 Å². The number of piperazine rings is 1. The van der Waals surface area contributed by atoms with Gasteiger partial charge in [0.1, 0.15) is 5.75 Å². The number of likely N-dealkylation sites (N-methyl/N-ethyl adjacent to an activating group) is 1. The van der Waals surface area contributed by atoms with Crippen molar-refractivity contribution in [3.05, 3.63) is 24.3 Å². The van der Waals surface area contributed by atoms with E-state index in [0.717, 1.165) is 19.6 Å². The molecule has 0 saturated carbocycles. The Balaban J connectivity index is 1.97. The summed E-state index contributed by atoms with van der Waals surface area (Å²) in [6.07, 6.45) is 0. The van der Waals surface area contributed by atoms with Gasteiger partial charge in [-0.2, -0.15) is 4.31 Å². The van der Waals surface area contributed by atoms with E-state index >= 15 is 0 Å². The summed E-state index contributed by atoms with van der Waals surface area (Å²) in [5, 5.41) is 0. The first-order valence-corrected chi connectivity index (χ1v) is 9.52. The maximum absolute atomic E-state index is 12.6. The average molecular weight is 356 g/mol. The standard InChI is InChI=1S/C16H24N2O5S/c1-3-17-9-11-18(12-10-17)24(20,21)15-7-5-14(6-8-15)23-13-16(19)22-4-2/h5-8H,3-4,9-13H2,1-2H3. The lowest BCUT2D eigenvalue weighted by molar-refractivity contribution is -0.145. The molecule has 24 heavy (non-hydrogen) atoms. The molecule has 1 heterocycles. The fourth-order valence-corrected chi connectivity index (χ4v) is 3.91. The van der Waals surface area contributed by atoms with Crippen molar-refractivity contribution < 1.29 is 22.7 Å². The third-order valence-electron chi connectivity index (χ3n) is 3.90.